The predicted octanol–water partition coefficient (Wildman–Crippen LogP) is 5.20. The molecule has 32 heavy (non-hydrogen) atoms. The predicted molar refractivity (Wildman–Crippen MR) is 127 cm³/mol. The summed E-state index contributed by atoms with van der Waals surface area (Å²) in [7, 11) is 1.76. The van der Waals surface area contributed by atoms with Crippen molar-refractivity contribution >= 4 is 34.9 Å². The van der Waals surface area contributed by atoms with Crippen LogP contribution in [0.15, 0.2) is 89.8 Å². The van der Waals surface area contributed by atoms with Gasteiger partial charge in [-0.15, -0.1) is 0 Å². The summed E-state index contributed by atoms with van der Waals surface area (Å²) in [5.41, 5.74) is 3.17. The van der Waals surface area contributed by atoms with Gasteiger partial charge in [-0.1, -0.05) is 72.8 Å². The molecule has 0 saturated carbocycles. The lowest BCUT2D eigenvalue weighted by Gasteiger charge is -2.17. The Bertz CT molecular complexity index is 1180. The van der Waals surface area contributed by atoms with Gasteiger partial charge >= 0.3 is 0 Å². The Balaban J connectivity index is 1.49. The number of carbonyl (C=O) groups is 3. The highest BCUT2D eigenvalue weighted by Crippen LogP contribution is 2.33. The second-order valence-corrected chi connectivity index (χ2v) is 8.52. The van der Waals surface area contributed by atoms with Crippen LogP contribution >= 0.6 is 11.8 Å². The van der Waals surface area contributed by atoms with Crippen LogP contribution < -0.4 is 0 Å². The normalized spacial score (nSPS) is 14.8. The van der Waals surface area contributed by atoms with E-state index in [2.05, 4.69) is 0 Å². The molecule has 3 amide bonds. The van der Waals surface area contributed by atoms with E-state index in [1.54, 1.807) is 36.2 Å². The Hall–Kier alpha value is -3.64. The summed E-state index contributed by atoms with van der Waals surface area (Å²) >= 11 is 0.921. The molecule has 3 aromatic rings. The van der Waals surface area contributed by atoms with E-state index in [-0.39, 0.29) is 23.6 Å². The van der Waals surface area contributed by atoms with E-state index >= 15 is 0 Å². The van der Waals surface area contributed by atoms with Crippen LogP contribution in [0.2, 0.25) is 0 Å². The first-order chi connectivity index (χ1) is 15.5. The van der Waals surface area contributed by atoms with Gasteiger partial charge in [0.1, 0.15) is 0 Å². The molecule has 0 N–H and O–H groups in total. The van der Waals surface area contributed by atoms with Gasteiger partial charge in [-0.2, -0.15) is 0 Å². The van der Waals surface area contributed by atoms with Gasteiger partial charge in [-0.25, -0.2) is 0 Å². The number of hydrogen-bond acceptors (Lipinski definition) is 4. The fourth-order valence-electron chi connectivity index (χ4n) is 3.46. The summed E-state index contributed by atoms with van der Waals surface area (Å²) in [6, 6.07) is 26.3. The number of thioether (sulfide) groups is 1. The molecule has 0 radical (unpaired) electrons. The van der Waals surface area contributed by atoms with Crippen molar-refractivity contribution in [1.29, 1.82) is 0 Å². The minimum Gasteiger partial charge on any atom is -0.337 e. The van der Waals surface area contributed by atoms with Crippen molar-refractivity contribution in [2.45, 2.75) is 13.1 Å². The fraction of sp³-hybridized carbons (Fsp3) is 0.115. The second-order valence-electron chi connectivity index (χ2n) is 7.53. The van der Waals surface area contributed by atoms with Gasteiger partial charge in [-0.05, 0) is 46.7 Å². The van der Waals surface area contributed by atoms with Gasteiger partial charge in [0, 0.05) is 19.2 Å². The highest BCUT2D eigenvalue weighted by Gasteiger charge is 2.34. The summed E-state index contributed by atoms with van der Waals surface area (Å²) in [6.45, 7) is 0.744. The van der Waals surface area contributed by atoms with Crippen molar-refractivity contribution in [3.63, 3.8) is 0 Å². The number of imide groups is 1. The summed E-state index contributed by atoms with van der Waals surface area (Å²) in [5, 5.41) is -0.292. The Kier molecular flexibility index (Phi) is 6.52. The molecule has 1 heterocycles. The van der Waals surface area contributed by atoms with Crippen molar-refractivity contribution in [3.8, 4) is 0 Å². The summed E-state index contributed by atoms with van der Waals surface area (Å²) < 4.78 is 0. The number of rotatable bonds is 6. The molecule has 1 fully saturated rings. The maximum atomic E-state index is 12.9. The van der Waals surface area contributed by atoms with Crippen LogP contribution in [-0.2, 0) is 17.9 Å². The number of carbonyl (C=O) groups excluding carboxylic acids is 3. The highest BCUT2D eigenvalue weighted by atomic mass is 32.2. The van der Waals surface area contributed by atoms with Crippen LogP contribution in [0, 0.1) is 0 Å². The molecule has 0 spiro atoms. The zero-order chi connectivity index (χ0) is 22.5. The van der Waals surface area contributed by atoms with Crippen LogP contribution in [0.5, 0.6) is 0 Å². The summed E-state index contributed by atoms with van der Waals surface area (Å²) in [6.07, 6.45) is 1.67. The molecular weight excluding hydrogens is 420 g/mol. The standard InChI is InChI=1S/C26H22N2O3S/c1-27(17-19-9-4-2-5-10-19)24(29)22-14-8-13-21(15-22)16-23-25(30)28(26(31)32-23)18-20-11-6-3-7-12-20/h2-16H,17-18H2,1H3/b23-16-. The van der Waals surface area contributed by atoms with Crippen molar-refractivity contribution < 1.29 is 14.4 Å². The van der Waals surface area contributed by atoms with Crippen LogP contribution in [0.3, 0.4) is 0 Å². The third kappa shape index (κ3) is 4.98. The SMILES string of the molecule is CN(Cc1ccccc1)C(=O)c1cccc(/C=C2\SC(=O)N(Cc3ccccc3)C2=O)c1. The van der Waals surface area contributed by atoms with E-state index in [1.807, 2.05) is 66.7 Å². The van der Waals surface area contributed by atoms with Gasteiger partial charge < -0.3 is 4.90 Å². The minimum atomic E-state index is -0.318. The average molecular weight is 443 g/mol. The van der Waals surface area contributed by atoms with Crippen molar-refractivity contribution in [1.82, 2.24) is 9.80 Å². The monoisotopic (exact) mass is 442 g/mol. The van der Waals surface area contributed by atoms with E-state index in [1.165, 1.54) is 4.90 Å². The molecule has 0 aromatic heterocycles. The zero-order valence-electron chi connectivity index (χ0n) is 17.6. The highest BCUT2D eigenvalue weighted by molar-refractivity contribution is 8.18. The fourth-order valence-corrected chi connectivity index (χ4v) is 4.30. The van der Waals surface area contributed by atoms with E-state index in [9.17, 15) is 14.4 Å². The molecule has 1 saturated heterocycles. The van der Waals surface area contributed by atoms with Crippen molar-refractivity contribution in [3.05, 3.63) is 112 Å². The third-order valence-corrected chi connectivity index (χ3v) is 6.01. The quantitative estimate of drug-likeness (QED) is 0.493. The second kappa shape index (κ2) is 9.66. The van der Waals surface area contributed by atoms with E-state index in [0.29, 0.717) is 22.6 Å². The van der Waals surface area contributed by atoms with Crippen LogP contribution in [0.25, 0.3) is 6.08 Å². The lowest BCUT2D eigenvalue weighted by atomic mass is 10.1. The van der Waals surface area contributed by atoms with Gasteiger partial charge in [0.2, 0.25) is 0 Å². The molecule has 160 valence electrons. The van der Waals surface area contributed by atoms with Gasteiger partial charge in [0.25, 0.3) is 17.1 Å². The molecule has 1 aliphatic rings. The Morgan fingerprint density at radius 3 is 2.25 bits per heavy atom. The van der Waals surface area contributed by atoms with Gasteiger partial charge in [0.05, 0.1) is 11.4 Å². The molecule has 3 aromatic carbocycles. The molecule has 0 bridgehead atoms. The van der Waals surface area contributed by atoms with E-state index in [0.717, 1.165) is 22.9 Å². The average Bonchev–Trinajstić information content (AvgIpc) is 3.07. The minimum absolute atomic E-state index is 0.110. The molecule has 1 aliphatic heterocycles. The smallest absolute Gasteiger partial charge is 0.293 e. The first kappa shape index (κ1) is 21.6. The first-order valence-corrected chi connectivity index (χ1v) is 11.0. The Labute approximate surface area is 191 Å². The number of benzene rings is 3. The topological polar surface area (TPSA) is 57.7 Å². The van der Waals surface area contributed by atoms with E-state index < -0.39 is 0 Å². The van der Waals surface area contributed by atoms with Gasteiger partial charge in [0.15, 0.2) is 0 Å². The molecule has 5 nitrogen and oxygen atoms in total. The molecule has 0 atom stereocenters. The Morgan fingerprint density at radius 1 is 0.906 bits per heavy atom. The van der Waals surface area contributed by atoms with Crippen molar-refractivity contribution in [2.24, 2.45) is 0 Å². The molecule has 0 aliphatic carbocycles. The molecule has 6 heteroatoms. The maximum absolute atomic E-state index is 12.9. The lowest BCUT2D eigenvalue weighted by molar-refractivity contribution is -0.123. The Morgan fingerprint density at radius 2 is 1.56 bits per heavy atom. The lowest BCUT2D eigenvalue weighted by Crippen LogP contribution is -2.27. The van der Waals surface area contributed by atoms with E-state index in [4.69, 9.17) is 0 Å². The molecule has 0 unspecified atom stereocenters. The molecule has 4 rings (SSSR count). The van der Waals surface area contributed by atoms with Crippen LogP contribution in [-0.4, -0.2) is 33.9 Å². The maximum Gasteiger partial charge on any atom is 0.293 e. The summed E-state index contributed by atoms with van der Waals surface area (Å²) in [4.78, 5) is 41.3. The number of hydrogen-bond donors (Lipinski definition) is 0. The van der Waals surface area contributed by atoms with Crippen LogP contribution in [0.4, 0.5) is 4.79 Å². The molecular formula is C26H22N2O3S. The zero-order valence-corrected chi connectivity index (χ0v) is 18.4. The van der Waals surface area contributed by atoms with Crippen molar-refractivity contribution in [2.75, 3.05) is 7.05 Å². The number of nitrogens with zero attached hydrogens (tertiary/aromatic N) is 2. The first-order valence-electron chi connectivity index (χ1n) is 10.2. The van der Waals surface area contributed by atoms with Gasteiger partial charge in [-0.3, -0.25) is 19.3 Å². The number of amides is 3. The van der Waals surface area contributed by atoms with Crippen LogP contribution in [0.1, 0.15) is 27.0 Å². The third-order valence-electron chi connectivity index (χ3n) is 5.10. The largest absolute Gasteiger partial charge is 0.337 e. The summed E-state index contributed by atoms with van der Waals surface area (Å²) in [5.74, 6) is -0.428.